The number of hydrogen-bond acceptors (Lipinski definition) is 0. The molecule has 0 saturated heterocycles. The Morgan fingerprint density at radius 3 is 1.60 bits per heavy atom. The lowest BCUT2D eigenvalue weighted by Gasteiger charge is -2.46. The molecule has 0 fully saturated rings. The molecule has 0 amide bonds. The van der Waals surface area contributed by atoms with E-state index in [4.69, 9.17) is 0 Å². The molecule has 0 spiro atoms. The number of rotatable bonds is 5. The maximum Gasteiger partial charge on any atom is 0.0415 e. The molecule has 0 aliphatic heterocycles. The first kappa shape index (κ1) is 26.0. The molecule has 1 unspecified atom stereocenters. The molecule has 7 aromatic carbocycles. The first-order valence-corrected chi connectivity index (χ1v) is 15.9. The Kier molecular flexibility index (Phi) is 5.96. The van der Waals surface area contributed by atoms with Crippen molar-refractivity contribution in [1.82, 2.24) is 0 Å². The maximum atomic E-state index is 2.50. The zero-order chi connectivity index (χ0) is 29.8. The fraction of sp³-hybridized carbons (Fsp3) is 0.0667. The monoisotopic (exact) mass is 572 g/mol. The van der Waals surface area contributed by atoms with E-state index >= 15 is 0 Å². The normalized spacial score (nSPS) is 15.2. The highest BCUT2D eigenvalue weighted by molar-refractivity contribution is 5.90. The molecule has 1 atom stereocenters. The van der Waals surface area contributed by atoms with E-state index in [1.165, 1.54) is 66.4 Å². The minimum Gasteiger partial charge on any atom is -0.0751 e. The van der Waals surface area contributed by atoms with Crippen LogP contribution in [0, 0.1) is 0 Å². The Hall–Kier alpha value is -5.46. The molecule has 0 heteroatoms. The first-order valence-electron chi connectivity index (χ1n) is 15.9. The summed E-state index contributed by atoms with van der Waals surface area (Å²) in [6.45, 7) is 0. The van der Waals surface area contributed by atoms with Crippen molar-refractivity contribution >= 4 is 16.8 Å². The third kappa shape index (κ3) is 3.85. The average Bonchev–Trinajstić information content (AvgIpc) is 3.70. The average molecular weight is 573 g/mol. The molecule has 0 heterocycles. The van der Waals surface area contributed by atoms with E-state index in [0.717, 1.165) is 0 Å². The van der Waals surface area contributed by atoms with Crippen LogP contribution < -0.4 is 0 Å². The van der Waals surface area contributed by atoms with Crippen LogP contribution in [0.2, 0.25) is 0 Å². The van der Waals surface area contributed by atoms with E-state index in [9.17, 15) is 0 Å². The standard InChI is InChI=1S/C45H32/c1-3-16-34(17-4-1)45(35-18-5-2-6-19-35,44-41-22-11-9-20-37(41)38-21-10-12-23-42(38)44)43-29-28-39-36(24-13-25-40(39)43)33-27-26-31-14-7-8-15-32(31)30-33/h1-30,43-44H. The van der Waals surface area contributed by atoms with Crippen molar-refractivity contribution in [3.8, 4) is 22.3 Å². The maximum absolute atomic E-state index is 2.50. The smallest absolute Gasteiger partial charge is 0.0415 e. The van der Waals surface area contributed by atoms with Gasteiger partial charge in [-0.15, -0.1) is 0 Å². The van der Waals surface area contributed by atoms with E-state index in [2.05, 4.69) is 182 Å². The van der Waals surface area contributed by atoms with Gasteiger partial charge < -0.3 is 0 Å². The zero-order valence-corrected chi connectivity index (χ0v) is 25.0. The third-order valence-electron chi connectivity index (χ3n) is 10.3. The molecule has 7 aromatic rings. The van der Waals surface area contributed by atoms with Gasteiger partial charge in [0, 0.05) is 17.3 Å². The summed E-state index contributed by atoms with van der Waals surface area (Å²) in [6, 6.07) is 63.2. The molecular formula is C45H32. The van der Waals surface area contributed by atoms with Crippen molar-refractivity contribution in [3.05, 3.63) is 209 Å². The van der Waals surface area contributed by atoms with Crippen molar-refractivity contribution in [2.45, 2.75) is 17.3 Å². The van der Waals surface area contributed by atoms with Gasteiger partial charge in [0.2, 0.25) is 0 Å². The van der Waals surface area contributed by atoms with Crippen molar-refractivity contribution in [2.24, 2.45) is 0 Å². The van der Waals surface area contributed by atoms with E-state index in [1.54, 1.807) is 0 Å². The highest BCUT2D eigenvalue weighted by Crippen LogP contribution is 2.63. The number of benzene rings is 7. The predicted octanol–water partition coefficient (Wildman–Crippen LogP) is 11.4. The lowest BCUT2D eigenvalue weighted by molar-refractivity contribution is 0.417. The van der Waals surface area contributed by atoms with Crippen LogP contribution in [0.25, 0.3) is 39.1 Å². The summed E-state index contributed by atoms with van der Waals surface area (Å²) in [5.74, 6) is 0.238. The molecular weight excluding hydrogens is 540 g/mol. The van der Waals surface area contributed by atoms with E-state index in [-0.39, 0.29) is 11.8 Å². The van der Waals surface area contributed by atoms with Crippen LogP contribution in [0.3, 0.4) is 0 Å². The summed E-state index contributed by atoms with van der Waals surface area (Å²) in [5.41, 5.74) is 13.0. The Bertz CT molecular complexity index is 2140. The molecule has 45 heavy (non-hydrogen) atoms. The van der Waals surface area contributed by atoms with Gasteiger partial charge in [0.15, 0.2) is 0 Å². The van der Waals surface area contributed by atoms with E-state index < -0.39 is 5.41 Å². The van der Waals surface area contributed by atoms with Crippen molar-refractivity contribution < 1.29 is 0 Å². The van der Waals surface area contributed by atoms with Crippen LogP contribution >= 0.6 is 0 Å². The van der Waals surface area contributed by atoms with Crippen molar-refractivity contribution in [3.63, 3.8) is 0 Å². The number of allylic oxidation sites excluding steroid dienone is 1. The fourth-order valence-corrected chi connectivity index (χ4v) is 8.45. The predicted molar refractivity (Wildman–Crippen MR) is 189 cm³/mol. The minimum absolute atomic E-state index is 0.113. The molecule has 0 saturated carbocycles. The molecule has 0 N–H and O–H groups in total. The Morgan fingerprint density at radius 2 is 0.933 bits per heavy atom. The van der Waals surface area contributed by atoms with Gasteiger partial charge in [0.05, 0.1) is 0 Å². The fourth-order valence-electron chi connectivity index (χ4n) is 8.45. The van der Waals surface area contributed by atoms with Crippen LogP contribution in [-0.4, -0.2) is 0 Å². The molecule has 0 nitrogen and oxygen atoms in total. The van der Waals surface area contributed by atoms with Gasteiger partial charge in [-0.3, -0.25) is 0 Å². The highest BCUT2D eigenvalue weighted by atomic mass is 14.5. The van der Waals surface area contributed by atoms with Crippen molar-refractivity contribution in [2.75, 3.05) is 0 Å². The highest BCUT2D eigenvalue weighted by Gasteiger charge is 2.53. The summed E-state index contributed by atoms with van der Waals surface area (Å²) >= 11 is 0. The molecule has 0 radical (unpaired) electrons. The largest absolute Gasteiger partial charge is 0.0751 e. The summed E-state index contributed by atoms with van der Waals surface area (Å²) in [5, 5.41) is 2.54. The van der Waals surface area contributed by atoms with Gasteiger partial charge in [-0.2, -0.15) is 0 Å². The quantitative estimate of drug-likeness (QED) is 0.192. The van der Waals surface area contributed by atoms with E-state index in [1.807, 2.05) is 0 Å². The summed E-state index contributed by atoms with van der Waals surface area (Å²) < 4.78 is 0. The SMILES string of the molecule is C1=CC(C(c2ccccc2)(c2ccccc2)C2c3ccccc3-c3ccccc32)c2cccc(-c3ccc4ccccc4c3)c21. The second-order valence-corrected chi connectivity index (χ2v) is 12.4. The second kappa shape index (κ2) is 10.3. The summed E-state index contributed by atoms with van der Waals surface area (Å²) in [4.78, 5) is 0. The topological polar surface area (TPSA) is 0 Å². The zero-order valence-electron chi connectivity index (χ0n) is 25.0. The van der Waals surface area contributed by atoms with E-state index in [0.29, 0.717) is 0 Å². The van der Waals surface area contributed by atoms with Gasteiger partial charge in [-0.05, 0) is 72.5 Å². The van der Waals surface area contributed by atoms with Gasteiger partial charge in [0.1, 0.15) is 0 Å². The Balaban J connectivity index is 1.34. The summed E-state index contributed by atoms with van der Waals surface area (Å²) in [6.07, 6.45) is 4.90. The van der Waals surface area contributed by atoms with Gasteiger partial charge in [0.25, 0.3) is 0 Å². The lowest BCUT2D eigenvalue weighted by atomic mass is 9.55. The minimum atomic E-state index is -0.394. The van der Waals surface area contributed by atoms with Gasteiger partial charge >= 0.3 is 0 Å². The van der Waals surface area contributed by atoms with Gasteiger partial charge in [-0.25, -0.2) is 0 Å². The molecule has 2 aliphatic rings. The van der Waals surface area contributed by atoms with Crippen LogP contribution in [0.4, 0.5) is 0 Å². The Morgan fingerprint density at radius 1 is 0.400 bits per heavy atom. The van der Waals surface area contributed by atoms with Gasteiger partial charge in [-0.1, -0.05) is 176 Å². The van der Waals surface area contributed by atoms with Crippen molar-refractivity contribution in [1.29, 1.82) is 0 Å². The second-order valence-electron chi connectivity index (χ2n) is 12.4. The molecule has 2 aliphatic carbocycles. The first-order chi connectivity index (χ1) is 22.3. The lowest BCUT2D eigenvalue weighted by Crippen LogP contribution is -2.40. The van der Waals surface area contributed by atoms with Crippen LogP contribution in [0.1, 0.15) is 45.2 Å². The molecule has 9 rings (SSSR count). The number of hydrogen-bond donors (Lipinski definition) is 0. The molecule has 0 aromatic heterocycles. The summed E-state index contributed by atoms with van der Waals surface area (Å²) in [7, 11) is 0. The number of fused-ring (bicyclic) bond motifs is 5. The van der Waals surface area contributed by atoms with Crippen LogP contribution in [0.5, 0.6) is 0 Å². The van der Waals surface area contributed by atoms with Crippen LogP contribution in [-0.2, 0) is 5.41 Å². The third-order valence-corrected chi connectivity index (χ3v) is 10.3. The Labute approximate surface area is 265 Å². The molecule has 0 bridgehead atoms. The molecule has 212 valence electrons. The van der Waals surface area contributed by atoms with Crippen LogP contribution in [0.15, 0.2) is 176 Å².